The second kappa shape index (κ2) is 4.52. The maximum absolute atomic E-state index is 11.5. The molecule has 0 fully saturated rings. The fraction of sp³-hybridized carbons (Fsp3) is 0.100. The maximum Gasteiger partial charge on any atom is 0.373 e. The lowest BCUT2D eigenvalue weighted by Gasteiger charge is -1.91. The van der Waals surface area contributed by atoms with Crippen molar-refractivity contribution in [2.45, 2.75) is 6.92 Å². The number of carbonyl (C=O) groups is 1. The minimum Gasteiger partial charge on any atom is -0.273 e. The van der Waals surface area contributed by atoms with Crippen LogP contribution in [0.5, 0.6) is 0 Å². The third-order valence-corrected chi connectivity index (χ3v) is 1.97. The molecule has 2 aromatic heterocycles. The molecule has 0 aromatic carbocycles. The highest BCUT2D eigenvalue weighted by molar-refractivity contribution is 5.78. The summed E-state index contributed by atoms with van der Waals surface area (Å²) in [7, 11) is 0. The van der Waals surface area contributed by atoms with Crippen molar-refractivity contribution in [2.24, 2.45) is 5.10 Å². The van der Waals surface area contributed by atoms with Gasteiger partial charge in [-0.1, -0.05) is 6.07 Å². The van der Waals surface area contributed by atoms with Gasteiger partial charge < -0.3 is 0 Å². The summed E-state index contributed by atoms with van der Waals surface area (Å²) < 4.78 is 1.72. The summed E-state index contributed by atoms with van der Waals surface area (Å²) in [6.45, 7) is 1.25. The van der Waals surface area contributed by atoms with E-state index in [1.807, 2.05) is 0 Å². The molecule has 0 unspecified atom stereocenters. The first-order chi connectivity index (χ1) is 8.18. The fourth-order valence-electron chi connectivity index (χ4n) is 1.17. The smallest absolute Gasteiger partial charge is 0.273 e. The molecular weight excluding hydrogens is 222 g/mol. The Balaban J connectivity index is 2.29. The van der Waals surface area contributed by atoms with Crippen LogP contribution in [0.15, 0.2) is 40.7 Å². The highest BCUT2D eigenvalue weighted by atomic mass is 16.2. The summed E-state index contributed by atoms with van der Waals surface area (Å²) in [4.78, 5) is 26.4. The van der Waals surface area contributed by atoms with Crippen molar-refractivity contribution in [1.82, 2.24) is 19.4 Å². The lowest BCUT2D eigenvalue weighted by Crippen LogP contribution is -2.26. The zero-order valence-electron chi connectivity index (χ0n) is 9.02. The van der Waals surface area contributed by atoms with Crippen LogP contribution in [-0.2, 0) is 0 Å². The van der Waals surface area contributed by atoms with Crippen molar-refractivity contribution in [3.05, 3.63) is 46.9 Å². The molecule has 86 valence electrons. The van der Waals surface area contributed by atoms with E-state index in [0.29, 0.717) is 0 Å². The molecule has 0 bridgehead atoms. The van der Waals surface area contributed by atoms with Crippen LogP contribution in [0.4, 0.5) is 0 Å². The summed E-state index contributed by atoms with van der Waals surface area (Å²) >= 11 is 0. The predicted molar refractivity (Wildman–Crippen MR) is 60.0 cm³/mol. The van der Waals surface area contributed by atoms with Crippen LogP contribution in [0.1, 0.15) is 17.3 Å². The Morgan fingerprint density at radius 1 is 1.53 bits per heavy atom. The molecule has 0 aliphatic carbocycles. The molecule has 0 amide bonds. The summed E-state index contributed by atoms with van der Waals surface area (Å²) in [5, 5.41) is 7.50. The van der Waals surface area contributed by atoms with Gasteiger partial charge in [0.15, 0.2) is 0 Å². The first-order valence-corrected chi connectivity index (χ1v) is 4.80. The van der Waals surface area contributed by atoms with Gasteiger partial charge in [0, 0.05) is 24.9 Å². The average molecular weight is 231 g/mol. The fourth-order valence-corrected chi connectivity index (χ4v) is 1.17. The van der Waals surface area contributed by atoms with Crippen LogP contribution in [0.25, 0.3) is 0 Å². The number of hydrogen-bond acceptors (Lipinski definition) is 5. The minimum atomic E-state index is -0.599. The van der Waals surface area contributed by atoms with E-state index in [-0.39, 0.29) is 0 Å². The van der Waals surface area contributed by atoms with E-state index >= 15 is 0 Å². The highest BCUT2D eigenvalue weighted by Gasteiger charge is 2.06. The van der Waals surface area contributed by atoms with Crippen molar-refractivity contribution >= 4 is 12.1 Å². The molecule has 0 aliphatic rings. The van der Waals surface area contributed by atoms with Crippen LogP contribution < -0.4 is 5.69 Å². The van der Waals surface area contributed by atoms with Crippen LogP contribution >= 0.6 is 0 Å². The van der Waals surface area contributed by atoms with Crippen molar-refractivity contribution in [3.63, 3.8) is 0 Å². The Labute approximate surface area is 96.0 Å². The number of nitrogens with zero attached hydrogens (tertiary/aromatic N) is 5. The second-order valence-corrected chi connectivity index (χ2v) is 3.22. The van der Waals surface area contributed by atoms with E-state index in [2.05, 4.69) is 15.2 Å². The van der Waals surface area contributed by atoms with Gasteiger partial charge in [-0.3, -0.25) is 9.78 Å². The third-order valence-electron chi connectivity index (χ3n) is 1.97. The van der Waals surface area contributed by atoms with Crippen LogP contribution in [0.2, 0.25) is 0 Å². The number of hydrogen-bond donors (Lipinski definition) is 0. The Hall–Kier alpha value is -2.57. The van der Waals surface area contributed by atoms with Crippen molar-refractivity contribution in [3.8, 4) is 0 Å². The Morgan fingerprint density at radius 2 is 2.35 bits per heavy atom. The zero-order valence-corrected chi connectivity index (χ0v) is 9.02. The van der Waals surface area contributed by atoms with Gasteiger partial charge in [-0.25, -0.2) is 4.79 Å². The van der Waals surface area contributed by atoms with Gasteiger partial charge in [0.1, 0.15) is 6.33 Å². The zero-order chi connectivity index (χ0) is 12.3. The molecule has 0 saturated heterocycles. The molecule has 2 rings (SSSR count). The Bertz CT molecular complexity index is 611. The van der Waals surface area contributed by atoms with Crippen molar-refractivity contribution in [2.75, 3.05) is 0 Å². The van der Waals surface area contributed by atoms with E-state index in [1.54, 1.807) is 24.5 Å². The average Bonchev–Trinajstić information content (AvgIpc) is 2.69. The van der Waals surface area contributed by atoms with Crippen LogP contribution in [-0.4, -0.2) is 31.6 Å². The third kappa shape index (κ3) is 2.33. The second-order valence-electron chi connectivity index (χ2n) is 3.22. The predicted octanol–water partition coefficient (Wildman–Crippen LogP) is -0.0179. The van der Waals surface area contributed by atoms with Gasteiger partial charge in [0.25, 0.3) is 0 Å². The summed E-state index contributed by atoms with van der Waals surface area (Å²) in [6.07, 6.45) is 5.87. The maximum atomic E-state index is 11.5. The van der Waals surface area contributed by atoms with Gasteiger partial charge in [-0.2, -0.15) is 9.78 Å². The number of pyridine rings is 1. The topological polar surface area (TPSA) is 82.1 Å². The Morgan fingerprint density at radius 3 is 2.94 bits per heavy atom. The SMILES string of the molecule is CC(=O)n1ncn(/N=C/c2cccnc2)c1=O. The van der Waals surface area contributed by atoms with E-state index in [1.165, 1.54) is 19.5 Å². The lowest BCUT2D eigenvalue weighted by atomic mass is 10.3. The summed E-state index contributed by atoms with van der Waals surface area (Å²) in [5.74, 6) is -0.453. The van der Waals surface area contributed by atoms with E-state index in [0.717, 1.165) is 14.9 Å². The lowest BCUT2D eigenvalue weighted by molar-refractivity contribution is 0.0916. The number of carbonyl (C=O) groups excluding carboxylic acids is 1. The standard InChI is InChI=1S/C10H9N5O2/c1-8(16)15-10(17)14(7-13-15)12-6-9-3-2-4-11-5-9/h2-7H,1H3/b12-6+. The first-order valence-electron chi connectivity index (χ1n) is 4.80. The summed E-state index contributed by atoms with van der Waals surface area (Å²) in [6, 6.07) is 3.54. The quantitative estimate of drug-likeness (QED) is 0.680. The molecule has 2 heterocycles. The normalized spacial score (nSPS) is 10.9. The molecule has 7 nitrogen and oxygen atoms in total. The monoisotopic (exact) mass is 231 g/mol. The van der Waals surface area contributed by atoms with Gasteiger partial charge >= 0.3 is 5.69 Å². The van der Waals surface area contributed by atoms with Gasteiger partial charge in [-0.15, -0.1) is 9.78 Å². The van der Waals surface area contributed by atoms with Crippen LogP contribution in [0, 0.1) is 0 Å². The molecule has 0 saturated carbocycles. The number of rotatable bonds is 2. The molecular formula is C10H9N5O2. The van der Waals surface area contributed by atoms with Crippen molar-refractivity contribution in [1.29, 1.82) is 0 Å². The molecule has 17 heavy (non-hydrogen) atoms. The molecule has 7 heteroatoms. The van der Waals surface area contributed by atoms with E-state index < -0.39 is 11.6 Å². The van der Waals surface area contributed by atoms with Gasteiger partial charge in [0.2, 0.25) is 5.91 Å². The molecule has 2 aromatic rings. The molecule has 0 atom stereocenters. The van der Waals surface area contributed by atoms with Gasteiger partial charge in [0.05, 0.1) is 6.21 Å². The van der Waals surface area contributed by atoms with Gasteiger partial charge in [-0.05, 0) is 6.07 Å². The molecule has 0 aliphatic heterocycles. The summed E-state index contributed by atoms with van der Waals surface area (Å²) in [5.41, 5.74) is 0.146. The van der Waals surface area contributed by atoms with Crippen LogP contribution in [0.3, 0.4) is 0 Å². The first kappa shape index (κ1) is 10.9. The molecule has 0 N–H and O–H groups in total. The van der Waals surface area contributed by atoms with Crippen molar-refractivity contribution < 1.29 is 4.79 Å². The van der Waals surface area contributed by atoms with E-state index in [4.69, 9.17) is 0 Å². The Kier molecular flexibility index (Phi) is 2.91. The molecule has 0 spiro atoms. The minimum absolute atomic E-state index is 0.453. The highest BCUT2D eigenvalue weighted by Crippen LogP contribution is 1.90. The van der Waals surface area contributed by atoms with E-state index in [9.17, 15) is 9.59 Å². The number of aromatic nitrogens is 4. The largest absolute Gasteiger partial charge is 0.373 e. The molecule has 0 radical (unpaired) electrons.